The second kappa shape index (κ2) is 11.6. The zero-order valence-corrected chi connectivity index (χ0v) is 20.7. The molecule has 34 heavy (non-hydrogen) atoms. The molecule has 0 heterocycles. The highest BCUT2D eigenvalue weighted by molar-refractivity contribution is 5.32. The van der Waals surface area contributed by atoms with Gasteiger partial charge in [0.25, 0.3) is 0 Å². The quantitative estimate of drug-likeness (QED) is 0.372. The summed E-state index contributed by atoms with van der Waals surface area (Å²) >= 11 is 0. The number of halogens is 3. The van der Waals surface area contributed by atoms with E-state index in [1.165, 1.54) is 12.5 Å². The molecule has 4 rings (SSSR count). The minimum absolute atomic E-state index is 0.0569. The van der Waals surface area contributed by atoms with Gasteiger partial charge in [0.15, 0.2) is 11.6 Å². The zero-order valence-electron chi connectivity index (χ0n) is 20.7. The molecule has 1 nitrogen and oxygen atoms in total. The van der Waals surface area contributed by atoms with Crippen molar-refractivity contribution in [1.29, 1.82) is 0 Å². The van der Waals surface area contributed by atoms with E-state index < -0.39 is 11.6 Å². The number of ether oxygens (including phenoxy) is 1. The summed E-state index contributed by atoms with van der Waals surface area (Å²) in [6, 6.07) is 8.83. The topological polar surface area (TPSA) is 9.23 Å². The van der Waals surface area contributed by atoms with Crippen LogP contribution >= 0.6 is 0 Å². The monoisotopic (exact) mass is 472 g/mol. The summed E-state index contributed by atoms with van der Waals surface area (Å²) in [6.07, 6.45) is 10.5. The summed E-state index contributed by atoms with van der Waals surface area (Å²) in [4.78, 5) is 0. The van der Waals surface area contributed by atoms with Crippen LogP contribution in [0, 0.1) is 29.3 Å². The number of aryl methyl sites for hydroxylation is 1. The van der Waals surface area contributed by atoms with E-state index in [0.29, 0.717) is 29.4 Å². The highest BCUT2D eigenvalue weighted by Crippen LogP contribution is 2.42. The van der Waals surface area contributed by atoms with Gasteiger partial charge in [-0.25, -0.2) is 13.2 Å². The van der Waals surface area contributed by atoms with Gasteiger partial charge < -0.3 is 4.74 Å². The molecule has 2 aliphatic rings. The Hall–Kier alpha value is -1.97. The smallest absolute Gasteiger partial charge is 0.162 e. The van der Waals surface area contributed by atoms with Gasteiger partial charge in [0, 0.05) is 6.07 Å². The SMILES string of the molecule is CCCc1ccc(OCC2CCC(c3ccc(C4CCC(CC)CC4)c(F)c3F)CC2)cc1F. The third-order valence-electron chi connectivity index (χ3n) is 8.32. The molecule has 0 spiro atoms. The summed E-state index contributed by atoms with van der Waals surface area (Å²) in [5, 5.41) is 0. The summed E-state index contributed by atoms with van der Waals surface area (Å²) in [5.74, 6) is 0.423. The minimum Gasteiger partial charge on any atom is -0.493 e. The average Bonchev–Trinajstić information content (AvgIpc) is 2.86. The first-order valence-corrected chi connectivity index (χ1v) is 13.4. The molecule has 0 aromatic heterocycles. The Balaban J connectivity index is 1.31. The van der Waals surface area contributed by atoms with Gasteiger partial charge in [-0.05, 0) is 104 Å². The van der Waals surface area contributed by atoms with Crippen LogP contribution in [0.5, 0.6) is 5.75 Å². The number of rotatable bonds is 8. The molecule has 0 unspecified atom stereocenters. The number of hydrogen-bond acceptors (Lipinski definition) is 1. The largest absolute Gasteiger partial charge is 0.493 e. The van der Waals surface area contributed by atoms with Crippen LogP contribution < -0.4 is 4.74 Å². The highest BCUT2D eigenvalue weighted by atomic mass is 19.2. The van der Waals surface area contributed by atoms with Crippen LogP contribution in [-0.2, 0) is 6.42 Å². The Morgan fingerprint density at radius 2 is 1.29 bits per heavy atom. The first-order valence-electron chi connectivity index (χ1n) is 13.4. The number of hydrogen-bond donors (Lipinski definition) is 0. The summed E-state index contributed by atoms with van der Waals surface area (Å²) in [7, 11) is 0. The molecule has 0 saturated heterocycles. The average molecular weight is 473 g/mol. The van der Waals surface area contributed by atoms with Gasteiger partial charge in [-0.1, -0.05) is 44.9 Å². The van der Waals surface area contributed by atoms with E-state index in [0.717, 1.165) is 75.7 Å². The van der Waals surface area contributed by atoms with E-state index in [2.05, 4.69) is 6.92 Å². The van der Waals surface area contributed by atoms with Gasteiger partial charge in [0.2, 0.25) is 0 Å². The summed E-state index contributed by atoms with van der Waals surface area (Å²) in [5.41, 5.74) is 1.84. The molecule has 0 aliphatic heterocycles. The van der Waals surface area contributed by atoms with Crippen LogP contribution in [0.1, 0.15) is 107 Å². The Labute approximate surface area is 203 Å². The van der Waals surface area contributed by atoms with Crippen LogP contribution in [0.2, 0.25) is 0 Å². The Bertz CT molecular complexity index is 940. The predicted molar refractivity (Wildman–Crippen MR) is 132 cm³/mol. The van der Waals surface area contributed by atoms with Crippen molar-refractivity contribution in [3.05, 3.63) is 64.5 Å². The lowest BCUT2D eigenvalue weighted by molar-refractivity contribution is 0.198. The van der Waals surface area contributed by atoms with E-state index in [9.17, 15) is 4.39 Å². The van der Waals surface area contributed by atoms with E-state index in [1.54, 1.807) is 0 Å². The molecule has 2 aliphatic carbocycles. The van der Waals surface area contributed by atoms with Crippen molar-refractivity contribution in [1.82, 2.24) is 0 Å². The fourth-order valence-electron chi connectivity index (χ4n) is 6.04. The molecular weight excluding hydrogens is 433 g/mol. The molecule has 0 amide bonds. The van der Waals surface area contributed by atoms with Gasteiger partial charge in [-0.2, -0.15) is 0 Å². The van der Waals surface area contributed by atoms with Crippen molar-refractivity contribution in [2.75, 3.05) is 6.61 Å². The lowest BCUT2D eigenvalue weighted by atomic mass is 9.76. The molecule has 2 aromatic carbocycles. The van der Waals surface area contributed by atoms with E-state index in [4.69, 9.17) is 4.74 Å². The fourth-order valence-corrected chi connectivity index (χ4v) is 6.04. The second-order valence-electron chi connectivity index (χ2n) is 10.5. The second-order valence-corrected chi connectivity index (χ2v) is 10.5. The zero-order chi connectivity index (χ0) is 24.1. The first-order chi connectivity index (χ1) is 16.5. The normalized spacial score (nSPS) is 25.3. The van der Waals surface area contributed by atoms with Gasteiger partial charge in [0.1, 0.15) is 11.6 Å². The van der Waals surface area contributed by atoms with Crippen LogP contribution in [0.4, 0.5) is 13.2 Å². The van der Waals surface area contributed by atoms with E-state index in [1.807, 2.05) is 31.2 Å². The standard InChI is InChI=1S/C30H39F3O/c1-3-5-24-14-15-25(18-28(24)31)34-19-21-8-12-23(13-9-21)27-17-16-26(29(32)30(27)33)22-10-6-20(4-2)7-11-22/h14-18,20-23H,3-13,19H2,1-2H3. The summed E-state index contributed by atoms with van der Waals surface area (Å²) in [6.45, 7) is 4.79. The van der Waals surface area contributed by atoms with Gasteiger partial charge in [-0.15, -0.1) is 0 Å². The molecule has 0 bridgehead atoms. The van der Waals surface area contributed by atoms with Crippen LogP contribution in [0.3, 0.4) is 0 Å². The minimum atomic E-state index is -0.627. The van der Waals surface area contributed by atoms with E-state index >= 15 is 8.78 Å². The molecule has 0 N–H and O–H groups in total. The summed E-state index contributed by atoms with van der Waals surface area (Å²) < 4.78 is 50.2. The molecule has 0 atom stereocenters. The predicted octanol–water partition coefficient (Wildman–Crippen LogP) is 9.09. The van der Waals surface area contributed by atoms with E-state index in [-0.39, 0.29) is 17.7 Å². The van der Waals surface area contributed by atoms with Crippen LogP contribution in [0.15, 0.2) is 30.3 Å². The Morgan fingerprint density at radius 3 is 1.79 bits per heavy atom. The Morgan fingerprint density at radius 1 is 0.735 bits per heavy atom. The molecule has 2 fully saturated rings. The highest BCUT2D eigenvalue weighted by Gasteiger charge is 2.29. The molecule has 2 aromatic rings. The van der Waals surface area contributed by atoms with Crippen molar-refractivity contribution in [3.8, 4) is 5.75 Å². The Kier molecular flexibility index (Phi) is 8.60. The van der Waals surface area contributed by atoms with Gasteiger partial charge in [-0.3, -0.25) is 0 Å². The van der Waals surface area contributed by atoms with Crippen molar-refractivity contribution in [3.63, 3.8) is 0 Å². The molecule has 0 radical (unpaired) electrons. The lowest BCUT2D eigenvalue weighted by Crippen LogP contribution is -2.20. The maximum atomic E-state index is 15.1. The first kappa shape index (κ1) is 25.1. The van der Waals surface area contributed by atoms with Crippen molar-refractivity contribution in [2.24, 2.45) is 11.8 Å². The molecular formula is C30H39F3O. The maximum Gasteiger partial charge on any atom is 0.162 e. The molecule has 186 valence electrons. The third-order valence-corrected chi connectivity index (χ3v) is 8.32. The third kappa shape index (κ3) is 5.80. The van der Waals surface area contributed by atoms with Gasteiger partial charge in [0.05, 0.1) is 6.61 Å². The van der Waals surface area contributed by atoms with Crippen molar-refractivity contribution >= 4 is 0 Å². The van der Waals surface area contributed by atoms with Crippen molar-refractivity contribution < 1.29 is 17.9 Å². The molecule has 4 heteroatoms. The lowest BCUT2D eigenvalue weighted by Gasteiger charge is -2.31. The van der Waals surface area contributed by atoms with Crippen molar-refractivity contribution in [2.45, 2.75) is 96.3 Å². The number of benzene rings is 2. The maximum absolute atomic E-state index is 15.1. The van der Waals surface area contributed by atoms with Gasteiger partial charge >= 0.3 is 0 Å². The molecule has 2 saturated carbocycles. The van der Waals surface area contributed by atoms with Crippen LogP contribution in [-0.4, -0.2) is 6.61 Å². The fraction of sp³-hybridized carbons (Fsp3) is 0.600. The van der Waals surface area contributed by atoms with Crippen LogP contribution in [0.25, 0.3) is 0 Å².